The molecule has 2 aliphatic rings. The Labute approximate surface area is 145 Å². The van der Waals surface area contributed by atoms with Crippen LogP contribution >= 0.6 is 0 Å². The van der Waals surface area contributed by atoms with Gasteiger partial charge in [0.2, 0.25) is 11.9 Å². The van der Waals surface area contributed by atoms with Gasteiger partial charge in [0.05, 0.1) is 19.3 Å². The van der Waals surface area contributed by atoms with Gasteiger partial charge < -0.3 is 26.4 Å². The van der Waals surface area contributed by atoms with Gasteiger partial charge in [-0.25, -0.2) is 9.79 Å². The van der Waals surface area contributed by atoms with Crippen molar-refractivity contribution in [1.82, 2.24) is 20.9 Å². The molecule has 0 aliphatic carbocycles. The van der Waals surface area contributed by atoms with Crippen LogP contribution in [-0.4, -0.2) is 80.2 Å². The molecular weight excluding hydrogens is 330 g/mol. The average molecular weight is 355 g/mol. The molecule has 11 nitrogen and oxygen atoms in total. The fraction of sp³-hybridized carbons (Fsp3) is 0.714. The number of likely N-dealkylation sites (N-methyl/N-ethyl adjacent to an activating group) is 1. The van der Waals surface area contributed by atoms with Crippen LogP contribution in [0.2, 0.25) is 0 Å². The molecule has 2 rings (SSSR count). The van der Waals surface area contributed by atoms with Crippen LogP contribution in [0.3, 0.4) is 0 Å². The number of urea groups is 1. The lowest BCUT2D eigenvalue weighted by atomic mass is 10.0. The molecule has 2 heterocycles. The highest BCUT2D eigenvalue weighted by Gasteiger charge is 2.31. The van der Waals surface area contributed by atoms with Crippen molar-refractivity contribution in [3.05, 3.63) is 0 Å². The molecule has 140 valence electrons. The molecule has 0 aromatic rings. The van der Waals surface area contributed by atoms with Gasteiger partial charge in [-0.3, -0.25) is 20.2 Å². The Kier molecular flexibility index (Phi) is 6.67. The van der Waals surface area contributed by atoms with Gasteiger partial charge in [0.25, 0.3) is 5.91 Å². The minimum atomic E-state index is -0.827. The van der Waals surface area contributed by atoms with E-state index in [-0.39, 0.29) is 37.0 Å². The van der Waals surface area contributed by atoms with Crippen molar-refractivity contribution in [2.45, 2.75) is 31.0 Å². The second kappa shape index (κ2) is 8.74. The number of nitrogens with zero attached hydrogens (tertiary/aromatic N) is 2. The Hall–Kier alpha value is -2.24. The number of rotatable bonds is 5. The van der Waals surface area contributed by atoms with E-state index in [4.69, 9.17) is 16.2 Å². The SMILES string of the molecule is CN(C(=O)CC(N)CC1CNCCO1)C1CN=C(NC(N)=O)NC1=O. The number of hydrogen-bond donors (Lipinski definition) is 5. The first-order valence-corrected chi connectivity index (χ1v) is 8.12. The number of nitrogens with one attached hydrogen (secondary N) is 3. The maximum Gasteiger partial charge on any atom is 0.318 e. The van der Waals surface area contributed by atoms with Gasteiger partial charge in [0.15, 0.2) is 0 Å². The second-order valence-electron chi connectivity index (χ2n) is 6.09. The molecule has 2 aliphatic heterocycles. The monoisotopic (exact) mass is 355 g/mol. The molecule has 0 saturated carbocycles. The molecule has 0 spiro atoms. The predicted molar refractivity (Wildman–Crippen MR) is 89.5 cm³/mol. The minimum absolute atomic E-state index is 0.00753. The average Bonchev–Trinajstić information content (AvgIpc) is 2.54. The lowest BCUT2D eigenvalue weighted by Gasteiger charge is -2.30. The number of morpholine rings is 1. The topological polar surface area (TPSA) is 164 Å². The summed E-state index contributed by atoms with van der Waals surface area (Å²) in [4.78, 5) is 40.6. The van der Waals surface area contributed by atoms with Crippen molar-refractivity contribution in [3.8, 4) is 0 Å². The number of aliphatic imine (C=N–C) groups is 1. The zero-order chi connectivity index (χ0) is 18.4. The zero-order valence-electron chi connectivity index (χ0n) is 14.2. The zero-order valence-corrected chi connectivity index (χ0v) is 14.2. The van der Waals surface area contributed by atoms with E-state index in [1.54, 1.807) is 0 Å². The third-order valence-corrected chi connectivity index (χ3v) is 4.08. The highest BCUT2D eigenvalue weighted by Crippen LogP contribution is 2.10. The van der Waals surface area contributed by atoms with Crippen LogP contribution in [0.4, 0.5) is 4.79 Å². The normalized spacial score (nSPS) is 24.7. The van der Waals surface area contributed by atoms with E-state index in [1.165, 1.54) is 11.9 Å². The number of primary amides is 1. The molecule has 1 saturated heterocycles. The van der Waals surface area contributed by atoms with E-state index in [2.05, 4.69) is 20.9 Å². The maximum absolute atomic E-state index is 12.4. The standard InChI is InChI=1S/C14H25N7O4/c1-21(10-7-18-14(19-12(10)23)20-13(16)24)11(22)5-8(15)4-9-6-17-2-3-25-9/h8-10,17H,2-7,15H2,1H3,(H4,16,18,19,20,23,24). The largest absolute Gasteiger partial charge is 0.376 e. The van der Waals surface area contributed by atoms with Gasteiger partial charge >= 0.3 is 6.03 Å². The summed E-state index contributed by atoms with van der Waals surface area (Å²) in [5.41, 5.74) is 11.0. The highest BCUT2D eigenvalue weighted by molar-refractivity contribution is 6.07. The molecule has 0 bridgehead atoms. The fourth-order valence-electron chi connectivity index (χ4n) is 2.72. The highest BCUT2D eigenvalue weighted by atomic mass is 16.5. The lowest BCUT2D eigenvalue weighted by molar-refractivity contribution is -0.138. The molecule has 0 aromatic carbocycles. The summed E-state index contributed by atoms with van der Waals surface area (Å²) < 4.78 is 5.57. The van der Waals surface area contributed by atoms with Crippen molar-refractivity contribution in [2.24, 2.45) is 16.5 Å². The number of carbonyl (C=O) groups excluding carboxylic acids is 3. The maximum atomic E-state index is 12.4. The van der Waals surface area contributed by atoms with E-state index in [0.29, 0.717) is 19.6 Å². The molecule has 3 unspecified atom stereocenters. The number of amides is 4. The molecule has 3 atom stereocenters. The van der Waals surface area contributed by atoms with Crippen molar-refractivity contribution in [3.63, 3.8) is 0 Å². The smallest absolute Gasteiger partial charge is 0.318 e. The van der Waals surface area contributed by atoms with E-state index < -0.39 is 18.0 Å². The van der Waals surface area contributed by atoms with Crippen LogP contribution in [0.15, 0.2) is 4.99 Å². The summed E-state index contributed by atoms with van der Waals surface area (Å²) in [5.74, 6) is -0.714. The summed E-state index contributed by atoms with van der Waals surface area (Å²) in [7, 11) is 1.53. The second-order valence-corrected chi connectivity index (χ2v) is 6.09. The molecule has 4 amide bonds. The molecular formula is C14H25N7O4. The van der Waals surface area contributed by atoms with Crippen LogP contribution < -0.4 is 27.4 Å². The Morgan fingerprint density at radius 2 is 2.28 bits per heavy atom. The Balaban J connectivity index is 1.83. The Morgan fingerprint density at radius 1 is 1.52 bits per heavy atom. The molecule has 0 radical (unpaired) electrons. The van der Waals surface area contributed by atoms with Crippen LogP contribution in [0, 0.1) is 0 Å². The predicted octanol–water partition coefficient (Wildman–Crippen LogP) is -2.94. The molecule has 25 heavy (non-hydrogen) atoms. The van der Waals surface area contributed by atoms with Gasteiger partial charge in [-0.1, -0.05) is 0 Å². The molecule has 11 heteroatoms. The van der Waals surface area contributed by atoms with E-state index in [1.807, 2.05) is 0 Å². The van der Waals surface area contributed by atoms with Gasteiger partial charge in [-0.2, -0.15) is 0 Å². The van der Waals surface area contributed by atoms with Crippen molar-refractivity contribution in [2.75, 3.05) is 33.3 Å². The van der Waals surface area contributed by atoms with E-state index in [9.17, 15) is 14.4 Å². The summed E-state index contributed by atoms with van der Waals surface area (Å²) in [6.45, 7) is 2.20. The van der Waals surface area contributed by atoms with Gasteiger partial charge in [-0.05, 0) is 6.42 Å². The van der Waals surface area contributed by atoms with Crippen LogP contribution in [0.1, 0.15) is 12.8 Å². The number of guanidine groups is 1. The van der Waals surface area contributed by atoms with E-state index in [0.717, 1.165) is 6.54 Å². The quantitative estimate of drug-likeness (QED) is 0.354. The number of hydrogen-bond acceptors (Lipinski definition) is 7. The minimum Gasteiger partial charge on any atom is -0.376 e. The fourth-order valence-corrected chi connectivity index (χ4v) is 2.72. The van der Waals surface area contributed by atoms with E-state index >= 15 is 0 Å². The summed E-state index contributed by atoms with van der Waals surface area (Å²) >= 11 is 0. The third-order valence-electron chi connectivity index (χ3n) is 4.08. The Morgan fingerprint density at radius 3 is 2.88 bits per heavy atom. The van der Waals surface area contributed by atoms with Crippen LogP contribution in [-0.2, 0) is 14.3 Å². The number of carbonyl (C=O) groups is 3. The van der Waals surface area contributed by atoms with Crippen molar-refractivity contribution in [1.29, 1.82) is 0 Å². The molecule has 1 fully saturated rings. The third kappa shape index (κ3) is 5.66. The Bertz CT molecular complexity index is 547. The first-order chi connectivity index (χ1) is 11.9. The van der Waals surface area contributed by atoms with Gasteiger partial charge in [-0.15, -0.1) is 0 Å². The summed E-state index contributed by atoms with van der Waals surface area (Å²) in [6, 6.07) is -1.94. The first-order valence-electron chi connectivity index (χ1n) is 8.12. The van der Waals surface area contributed by atoms with Crippen LogP contribution in [0.5, 0.6) is 0 Å². The number of ether oxygens (including phenoxy) is 1. The number of nitrogens with two attached hydrogens (primary N) is 2. The first kappa shape index (κ1) is 19.1. The summed E-state index contributed by atoms with van der Waals surface area (Å²) in [6.07, 6.45) is 0.664. The molecule has 0 aromatic heterocycles. The van der Waals surface area contributed by atoms with Crippen molar-refractivity contribution < 1.29 is 19.1 Å². The molecule has 7 N–H and O–H groups in total. The van der Waals surface area contributed by atoms with Gasteiger partial charge in [0, 0.05) is 32.6 Å². The summed E-state index contributed by atoms with van der Waals surface area (Å²) in [5, 5.41) is 7.80. The van der Waals surface area contributed by atoms with Crippen LogP contribution in [0.25, 0.3) is 0 Å². The van der Waals surface area contributed by atoms with Gasteiger partial charge in [0.1, 0.15) is 6.04 Å². The van der Waals surface area contributed by atoms with Crippen molar-refractivity contribution >= 4 is 23.8 Å². The lowest BCUT2D eigenvalue weighted by Crippen LogP contribution is -2.58.